The molecule has 6 rings (SSSR count). The molecule has 43 heavy (non-hydrogen) atoms. The molecule has 1 N–H and O–H groups in total. The zero-order chi connectivity index (χ0) is 30.4. The van der Waals surface area contributed by atoms with Crippen molar-refractivity contribution in [1.82, 2.24) is 9.03 Å². The maximum Gasteiger partial charge on any atom is 0.265 e. The highest BCUT2D eigenvalue weighted by Gasteiger charge is 2.48. The second kappa shape index (κ2) is 11.3. The Bertz CT molecular complexity index is 1740. The highest BCUT2D eigenvalue weighted by molar-refractivity contribution is 7.90. The van der Waals surface area contributed by atoms with Gasteiger partial charge in [-0.1, -0.05) is 36.4 Å². The molecule has 10 nitrogen and oxygen atoms in total. The Kier molecular flexibility index (Phi) is 7.84. The molecule has 2 fully saturated rings. The van der Waals surface area contributed by atoms with Gasteiger partial charge in [0.1, 0.15) is 11.4 Å². The number of rotatable bonds is 6. The van der Waals surface area contributed by atoms with Crippen LogP contribution in [0, 0.1) is 5.92 Å². The van der Waals surface area contributed by atoms with Gasteiger partial charge in [0.25, 0.3) is 15.9 Å². The van der Waals surface area contributed by atoms with Crippen LogP contribution < -0.4 is 9.46 Å². The topological polar surface area (TPSA) is 128 Å². The van der Waals surface area contributed by atoms with Gasteiger partial charge < -0.3 is 14.2 Å². The molecule has 3 aromatic rings. The third-order valence-corrected chi connectivity index (χ3v) is 11.6. The van der Waals surface area contributed by atoms with Crippen LogP contribution in [0.1, 0.15) is 60.4 Å². The zero-order valence-electron chi connectivity index (χ0n) is 23.9. The molecule has 0 spiro atoms. The van der Waals surface area contributed by atoms with Crippen LogP contribution in [-0.4, -0.2) is 59.0 Å². The van der Waals surface area contributed by atoms with Crippen molar-refractivity contribution in [3.05, 3.63) is 89.5 Å². The Balaban J connectivity index is 1.25. The van der Waals surface area contributed by atoms with Gasteiger partial charge in [-0.05, 0) is 68.7 Å². The van der Waals surface area contributed by atoms with E-state index in [0.717, 1.165) is 24.5 Å². The van der Waals surface area contributed by atoms with Crippen molar-refractivity contribution in [2.75, 3.05) is 26.3 Å². The number of carbonyl (C=O) groups is 1. The summed E-state index contributed by atoms with van der Waals surface area (Å²) in [4.78, 5) is 12.8. The number of morpholine rings is 1. The highest BCUT2D eigenvalue weighted by Crippen LogP contribution is 2.53. The van der Waals surface area contributed by atoms with Gasteiger partial charge in [-0.15, -0.1) is 0 Å². The normalized spacial score (nSPS) is 23.8. The maximum absolute atomic E-state index is 13.3. The first-order valence-corrected chi connectivity index (χ1v) is 17.2. The van der Waals surface area contributed by atoms with Gasteiger partial charge >= 0.3 is 0 Å². The monoisotopic (exact) mass is 626 g/mol. The van der Waals surface area contributed by atoms with Gasteiger partial charge in [-0.2, -0.15) is 4.31 Å². The molecule has 1 amide bonds. The first kappa shape index (κ1) is 29.8. The van der Waals surface area contributed by atoms with Crippen molar-refractivity contribution in [1.29, 1.82) is 0 Å². The second-order valence-corrected chi connectivity index (χ2v) is 15.1. The van der Waals surface area contributed by atoms with E-state index in [4.69, 9.17) is 14.2 Å². The SMILES string of the molecule is CC1(C)Oc2ccc(C(=O)NS(=O)(=O)c3cccc(S(=O)(=O)N4CCOCC4)c3)cc2[C@@H]2O[C@H](c3ccccc3)CC[C@H]21. The first-order valence-electron chi connectivity index (χ1n) is 14.2. The number of fused-ring (bicyclic) bond motifs is 3. The third-order valence-electron chi connectivity index (χ3n) is 8.38. The molecule has 0 aliphatic carbocycles. The van der Waals surface area contributed by atoms with Gasteiger partial charge in [0, 0.05) is 30.1 Å². The summed E-state index contributed by atoms with van der Waals surface area (Å²) in [5, 5.41) is 0. The zero-order valence-corrected chi connectivity index (χ0v) is 25.6. The number of benzene rings is 3. The highest BCUT2D eigenvalue weighted by atomic mass is 32.2. The maximum atomic E-state index is 13.3. The van der Waals surface area contributed by atoms with Crippen molar-refractivity contribution in [3.8, 4) is 5.75 Å². The Hall–Kier alpha value is -3.29. The number of sulfonamides is 2. The predicted octanol–water partition coefficient (Wildman–Crippen LogP) is 4.21. The summed E-state index contributed by atoms with van der Waals surface area (Å²) in [7, 11) is -8.33. The first-order chi connectivity index (χ1) is 20.5. The second-order valence-electron chi connectivity index (χ2n) is 11.5. The summed E-state index contributed by atoms with van der Waals surface area (Å²) in [6.07, 6.45) is 1.20. The van der Waals surface area contributed by atoms with Crippen LogP contribution in [-0.2, 0) is 29.5 Å². The summed E-state index contributed by atoms with van der Waals surface area (Å²) < 4.78 is 74.2. The Morgan fingerprint density at radius 3 is 2.35 bits per heavy atom. The molecule has 3 aliphatic rings. The number of ether oxygens (including phenoxy) is 3. The number of nitrogens with zero attached hydrogens (tertiary/aromatic N) is 1. The van der Waals surface area contributed by atoms with Crippen LogP contribution >= 0.6 is 0 Å². The van der Waals surface area contributed by atoms with E-state index in [1.165, 1.54) is 28.6 Å². The van der Waals surface area contributed by atoms with E-state index in [1.807, 2.05) is 44.2 Å². The van der Waals surface area contributed by atoms with Crippen LogP contribution in [0.15, 0.2) is 82.6 Å². The van der Waals surface area contributed by atoms with E-state index < -0.39 is 31.6 Å². The Labute approximate surface area is 252 Å². The van der Waals surface area contributed by atoms with Gasteiger partial charge in [0.2, 0.25) is 10.0 Å². The van der Waals surface area contributed by atoms with Crippen LogP contribution in [0.25, 0.3) is 0 Å². The number of hydrogen-bond donors (Lipinski definition) is 1. The van der Waals surface area contributed by atoms with Crippen LogP contribution in [0.4, 0.5) is 0 Å². The third kappa shape index (κ3) is 5.82. The van der Waals surface area contributed by atoms with Gasteiger partial charge in [0.15, 0.2) is 0 Å². The molecule has 0 aromatic heterocycles. The number of hydrogen-bond acceptors (Lipinski definition) is 8. The molecule has 0 unspecified atom stereocenters. The van der Waals surface area contributed by atoms with Gasteiger partial charge in [-0.3, -0.25) is 4.79 Å². The smallest absolute Gasteiger partial charge is 0.265 e. The van der Waals surface area contributed by atoms with E-state index in [9.17, 15) is 21.6 Å². The van der Waals surface area contributed by atoms with Crippen LogP contribution in [0.5, 0.6) is 5.75 Å². The summed E-state index contributed by atoms with van der Waals surface area (Å²) in [6, 6.07) is 19.8. The molecule has 3 atom stereocenters. The quantitative estimate of drug-likeness (QED) is 0.431. The molecule has 0 bridgehead atoms. The molecule has 2 saturated heterocycles. The predicted molar refractivity (Wildman–Crippen MR) is 158 cm³/mol. The fourth-order valence-corrected chi connectivity index (χ4v) is 8.63. The average molecular weight is 627 g/mol. The minimum Gasteiger partial charge on any atom is -0.487 e. The fourth-order valence-electron chi connectivity index (χ4n) is 6.08. The minimum atomic E-state index is -4.40. The van der Waals surface area contributed by atoms with Crippen LogP contribution in [0.3, 0.4) is 0 Å². The Morgan fingerprint density at radius 1 is 0.884 bits per heavy atom. The molecular weight excluding hydrogens is 592 g/mol. The summed E-state index contributed by atoms with van der Waals surface area (Å²) in [6.45, 7) is 4.92. The molecule has 3 aromatic carbocycles. The molecule has 12 heteroatoms. The summed E-state index contributed by atoms with van der Waals surface area (Å²) >= 11 is 0. The van der Waals surface area contributed by atoms with Crippen molar-refractivity contribution in [3.63, 3.8) is 0 Å². The van der Waals surface area contributed by atoms with E-state index in [0.29, 0.717) is 11.3 Å². The molecule has 228 valence electrons. The number of carbonyl (C=O) groups excluding carboxylic acids is 1. The number of amides is 1. The van der Waals surface area contributed by atoms with Crippen molar-refractivity contribution in [2.24, 2.45) is 5.92 Å². The lowest BCUT2D eigenvalue weighted by Gasteiger charge is -2.48. The lowest BCUT2D eigenvalue weighted by molar-refractivity contribution is -0.151. The summed E-state index contributed by atoms with van der Waals surface area (Å²) in [5.74, 6) is -0.236. The average Bonchev–Trinajstić information content (AvgIpc) is 3.01. The van der Waals surface area contributed by atoms with E-state index >= 15 is 0 Å². The molecule has 3 aliphatic heterocycles. The lowest BCUT2D eigenvalue weighted by atomic mass is 9.74. The van der Waals surface area contributed by atoms with E-state index in [1.54, 1.807) is 12.1 Å². The van der Waals surface area contributed by atoms with Gasteiger partial charge in [-0.25, -0.2) is 21.6 Å². The molecule has 0 radical (unpaired) electrons. The molecular formula is C31H34N2O8S2. The molecule has 3 heterocycles. The Morgan fingerprint density at radius 2 is 1.60 bits per heavy atom. The van der Waals surface area contributed by atoms with Crippen molar-refractivity contribution >= 4 is 26.0 Å². The lowest BCUT2D eigenvalue weighted by Crippen LogP contribution is -2.47. The fraction of sp³-hybridized carbons (Fsp3) is 0.387. The standard InChI is InChI=1S/C31H34N2O8S2/c1-31(2)26-12-14-27(21-7-4-3-5-8-21)40-29(26)25-19-22(11-13-28(25)41-31)30(34)32-42(35,36)23-9-6-10-24(20-23)43(37,38)33-15-17-39-18-16-33/h3-11,13,19-20,26-27,29H,12,14-18H2,1-2H3,(H,32,34)/t26-,27+,29+/m1/s1. The summed E-state index contributed by atoms with van der Waals surface area (Å²) in [5.41, 5.74) is 1.38. The van der Waals surface area contributed by atoms with Crippen molar-refractivity contribution in [2.45, 2.75) is 54.3 Å². The molecule has 0 saturated carbocycles. The largest absolute Gasteiger partial charge is 0.487 e. The van der Waals surface area contributed by atoms with E-state index in [2.05, 4.69) is 4.72 Å². The van der Waals surface area contributed by atoms with Crippen molar-refractivity contribution < 1.29 is 35.8 Å². The minimum absolute atomic E-state index is 0.0261. The number of nitrogens with one attached hydrogen (secondary N) is 1. The van der Waals surface area contributed by atoms with Gasteiger partial charge in [0.05, 0.1) is 35.2 Å². The van der Waals surface area contributed by atoms with Crippen LogP contribution in [0.2, 0.25) is 0 Å². The van der Waals surface area contributed by atoms with E-state index in [-0.39, 0.29) is 59.8 Å².